The van der Waals surface area contributed by atoms with E-state index in [9.17, 15) is 0 Å². The lowest BCUT2D eigenvalue weighted by molar-refractivity contribution is 0.616. The Labute approximate surface area is 132 Å². The summed E-state index contributed by atoms with van der Waals surface area (Å²) in [5.74, 6) is 0.383. The molecular weight excluding hydrogens is 319 g/mol. The SMILES string of the molecule is CCNC(c1cc(Cl)cnc1N)c1ncc(Cl)cc1Cl. The summed E-state index contributed by atoms with van der Waals surface area (Å²) >= 11 is 18.1. The monoisotopic (exact) mass is 330 g/mol. The van der Waals surface area contributed by atoms with Crippen LogP contribution in [0.2, 0.25) is 15.1 Å². The Hall–Kier alpha value is -1.07. The fourth-order valence-corrected chi connectivity index (χ4v) is 2.55. The fourth-order valence-electron chi connectivity index (χ4n) is 1.89. The zero-order valence-corrected chi connectivity index (χ0v) is 13.0. The van der Waals surface area contributed by atoms with Gasteiger partial charge < -0.3 is 11.1 Å². The molecule has 0 aliphatic carbocycles. The van der Waals surface area contributed by atoms with Crippen LogP contribution in [0.4, 0.5) is 5.82 Å². The van der Waals surface area contributed by atoms with Crippen molar-refractivity contribution in [2.45, 2.75) is 13.0 Å². The van der Waals surface area contributed by atoms with Crippen LogP contribution in [0.5, 0.6) is 0 Å². The first-order valence-corrected chi connectivity index (χ1v) is 7.11. The van der Waals surface area contributed by atoms with Crippen LogP contribution in [0.25, 0.3) is 0 Å². The van der Waals surface area contributed by atoms with E-state index in [-0.39, 0.29) is 6.04 Å². The Balaban J connectivity index is 2.53. The molecule has 0 aromatic carbocycles. The lowest BCUT2D eigenvalue weighted by Gasteiger charge is -2.20. The van der Waals surface area contributed by atoms with E-state index in [0.717, 1.165) is 5.56 Å². The highest BCUT2D eigenvalue weighted by molar-refractivity contribution is 6.34. The molecule has 106 valence electrons. The molecule has 2 rings (SSSR count). The van der Waals surface area contributed by atoms with Crippen molar-refractivity contribution in [1.82, 2.24) is 15.3 Å². The quantitative estimate of drug-likeness (QED) is 0.896. The second kappa shape index (κ2) is 6.59. The van der Waals surface area contributed by atoms with E-state index in [4.69, 9.17) is 40.5 Å². The summed E-state index contributed by atoms with van der Waals surface area (Å²) in [6.45, 7) is 2.68. The second-order valence-corrected chi connectivity index (χ2v) is 5.42. The maximum Gasteiger partial charge on any atom is 0.128 e. The number of halogens is 3. The maximum atomic E-state index is 6.22. The van der Waals surface area contributed by atoms with Crippen molar-refractivity contribution in [3.05, 3.63) is 50.9 Å². The van der Waals surface area contributed by atoms with Crippen molar-refractivity contribution >= 4 is 40.6 Å². The van der Waals surface area contributed by atoms with E-state index in [1.54, 1.807) is 18.3 Å². The molecule has 3 N–H and O–H groups in total. The Morgan fingerprint density at radius 2 is 1.80 bits per heavy atom. The number of nitrogens with zero attached hydrogens (tertiary/aromatic N) is 2. The minimum Gasteiger partial charge on any atom is -0.383 e. The van der Waals surface area contributed by atoms with Crippen molar-refractivity contribution in [3.63, 3.8) is 0 Å². The molecule has 1 unspecified atom stereocenters. The van der Waals surface area contributed by atoms with E-state index in [1.165, 1.54) is 6.20 Å². The highest BCUT2D eigenvalue weighted by atomic mass is 35.5. The third-order valence-corrected chi connectivity index (χ3v) is 3.46. The first kappa shape index (κ1) is 15.3. The molecule has 0 amide bonds. The molecule has 2 heterocycles. The van der Waals surface area contributed by atoms with Gasteiger partial charge in [0.15, 0.2) is 0 Å². The molecule has 0 aliphatic heterocycles. The molecule has 0 saturated heterocycles. The molecule has 1 atom stereocenters. The maximum absolute atomic E-state index is 6.22. The van der Waals surface area contributed by atoms with Gasteiger partial charge in [-0.3, -0.25) is 4.98 Å². The standard InChI is InChI=1S/C13H13Cl3N4/c1-2-18-11(9-3-7(14)6-20-13(9)17)12-10(16)4-8(15)5-19-12/h3-6,11,18H,2H2,1H3,(H2,17,20). The van der Waals surface area contributed by atoms with Crippen molar-refractivity contribution in [2.75, 3.05) is 12.3 Å². The van der Waals surface area contributed by atoms with Gasteiger partial charge in [-0.15, -0.1) is 0 Å². The summed E-state index contributed by atoms with van der Waals surface area (Å²) in [6.07, 6.45) is 3.04. The molecule has 20 heavy (non-hydrogen) atoms. The van der Waals surface area contributed by atoms with Gasteiger partial charge in [-0.05, 0) is 18.7 Å². The topological polar surface area (TPSA) is 63.8 Å². The normalized spacial score (nSPS) is 12.4. The van der Waals surface area contributed by atoms with Crippen LogP contribution in [-0.4, -0.2) is 16.5 Å². The Morgan fingerprint density at radius 3 is 2.45 bits per heavy atom. The van der Waals surface area contributed by atoms with E-state index in [2.05, 4.69) is 15.3 Å². The molecular formula is C13H13Cl3N4. The van der Waals surface area contributed by atoms with Crippen molar-refractivity contribution in [1.29, 1.82) is 0 Å². The number of aromatic nitrogens is 2. The first-order valence-electron chi connectivity index (χ1n) is 5.98. The second-order valence-electron chi connectivity index (χ2n) is 4.14. The van der Waals surface area contributed by atoms with E-state index < -0.39 is 0 Å². The summed E-state index contributed by atoms with van der Waals surface area (Å²) in [5.41, 5.74) is 7.30. The van der Waals surface area contributed by atoms with Crippen LogP contribution in [0.15, 0.2) is 24.5 Å². The predicted octanol–water partition coefficient (Wildman–Crippen LogP) is 3.72. The van der Waals surface area contributed by atoms with Gasteiger partial charge >= 0.3 is 0 Å². The predicted molar refractivity (Wildman–Crippen MR) is 83.4 cm³/mol. The third-order valence-electron chi connectivity index (χ3n) is 2.75. The zero-order chi connectivity index (χ0) is 14.7. The van der Waals surface area contributed by atoms with Crippen LogP contribution < -0.4 is 11.1 Å². The number of nitrogens with one attached hydrogen (secondary N) is 1. The van der Waals surface area contributed by atoms with Crippen LogP contribution in [0, 0.1) is 0 Å². The number of pyridine rings is 2. The molecule has 2 aromatic heterocycles. The number of hydrogen-bond donors (Lipinski definition) is 2. The summed E-state index contributed by atoms with van der Waals surface area (Å²) in [5, 5.41) is 4.72. The van der Waals surface area contributed by atoms with Gasteiger partial charge in [0.1, 0.15) is 5.82 Å². The molecule has 0 bridgehead atoms. The fraction of sp³-hybridized carbons (Fsp3) is 0.231. The van der Waals surface area contributed by atoms with Gasteiger partial charge in [0.05, 0.1) is 26.8 Å². The largest absolute Gasteiger partial charge is 0.383 e. The van der Waals surface area contributed by atoms with Crippen molar-refractivity contribution in [2.24, 2.45) is 0 Å². The van der Waals surface area contributed by atoms with Gasteiger partial charge in [-0.2, -0.15) is 0 Å². The van der Waals surface area contributed by atoms with Gasteiger partial charge in [0.2, 0.25) is 0 Å². The molecule has 4 nitrogen and oxygen atoms in total. The van der Waals surface area contributed by atoms with Crippen LogP contribution in [-0.2, 0) is 0 Å². The van der Waals surface area contributed by atoms with E-state index >= 15 is 0 Å². The smallest absolute Gasteiger partial charge is 0.128 e. The average Bonchev–Trinajstić information content (AvgIpc) is 2.40. The summed E-state index contributed by atoms with van der Waals surface area (Å²) in [6, 6.07) is 3.10. The minimum absolute atomic E-state index is 0.295. The average molecular weight is 332 g/mol. The Morgan fingerprint density at radius 1 is 1.15 bits per heavy atom. The highest BCUT2D eigenvalue weighted by Crippen LogP contribution is 2.31. The number of hydrogen-bond acceptors (Lipinski definition) is 4. The van der Waals surface area contributed by atoms with Crippen molar-refractivity contribution in [3.8, 4) is 0 Å². The van der Waals surface area contributed by atoms with Gasteiger partial charge in [-0.25, -0.2) is 4.98 Å². The number of anilines is 1. The van der Waals surface area contributed by atoms with E-state index in [0.29, 0.717) is 33.1 Å². The van der Waals surface area contributed by atoms with Gasteiger partial charge in [-0.1, -0.05) is 41.7 Å². The van der Waals surface area contributed by atoms with Crippen molar-refractivity contribution < 1.29 is 0 Å². The van der Waals surface area contributed by atoms with Gasteiger partial charge in [0.25, 0.3) is 0 Å². The summed E-state index contributed by atoms with van der Waals surface area (Å²) < 4.78 is 0. The van der Waals surface area contributed by atoms with Crippen LogP contribution >= 0.6 is 34.8 Å². The lowest BCUT2D eigenvalue weighted by atomic mass is 10.0. The molecule has 2 aromatic rings. The van der Waals surface area contributed by atoms with E-state index in [1.807, 2.05) is 6.92 Å². The Bertz CT molecular complexity index is 619. The van der Waals surface area contributed by atoms with Crippen LogP contribution in [0.3, 0.4) is 0 Å². The molecule has 0 saturated carbocycles. The summed E-state index contributed by atoms with van der Waals surface area (Å²) in [7, 11) is 0. The molecule has 0 spiro atoms. The first-order chi connectivity index (χ1) is 9.52. The lowest BCUT2D eigenvalue weighted by Crippen LogP contribution is -2.24. The highest BCUT2D eigenvalue weighted by Gasteiger charge is 2.21. The molecule has 7 heteroatoms. The van der Waals surface area contributed by atoms with Gasteiger partial charge in [0, 0.05) is 18.0 Å². The minimum atomic E-state index is -0.295. The Kier molecular flexibility index (Phi) is 5.05. The summed E-state index contributed by atoms with van der Waals surface area (Å²) in [4.78, 5) is 8.35. The third kappa shape index (κ3) is 3.33. The number of rotatable bonds is 4. The zero-order valence-electron chi connectivity index (χ0n) is 10.7. The van der Waals surface area contributed by atoms with Crippen LogP contribution in [0.1, 0.15) is 24.2 Å². The number of nitrogen functional groups attached to an aromatic ring is 1. The molecule has 0 radical (unpaired) electrons. The molecule has 0 aliphatic rings. The number of nitrogens with two attached hydrogens (primary N) is 1. The molecule has 0 fully saturated rings.